The summed E-state index contributed by atoms with van der Waals surface area (Å²) in [6.07, 6.45) is 1.35. The monoisotopic (exact) mass is 267 g/mol. The third kappa shape index (κ3) is 2.40. The van der Waals surface area contributed by atoms with Crippen LogP contribution in [-0.2, 0) is 6.54 Å². The molecule has 9 heteroatoms. The second kappa shape index (κ2) is 5.00. The van der Waals surface area contributed by atoms with E-state index in [0.717, 1.165) is 11.8 Å². The molecule has 0 aliphatic carbocycles. The minimum atomic E-state index is -1.13. The third-order valence-corrected chi connectivity index (χ3v) is 2.95. The maximum absolute atomic E-state index is 11.3. The quantitative estimate of drug-likeness (QED) is 0.762. The predicted octanol–water partition coefficient (Wildman–Crippen LogP) is 0.231. The number of aromatic amines is 1. The molecule has 0 aromatic carbocycles. The number of carboxylic acids is 1. The fourth-order valence-electron chi connectivity index (χ4n) is 1.25. The molecule has 0 unspecified atom stereocenters. The van der Waals surface area contributed by atoms with Crippen LogP contribution in [0.5, 0.6) is 0 Å². The van der Waals surface area contributed by atoms with Crippen molar-refractivity contribution in [3.05, 3.63) is 28.4 Å². The van der Waals surface area contributed by atoms with Gasteiger partial charge in [-0.3, -0.25) is 4.57 Å². The van der Waals surface area contributed by atoms with Gasteiger partial charge in [-0.15, -0.1) is 5.10 Å². The van der Waals surface area contributed by atoms with Gasteiger partial charge in [0.25, 0.3) is 0 Å². The highest BCUT2D eigenvalue weighted by Gasteiger charge is 2.12. The molecular formula is C9H9N5O3S. The fourth-order valence-corrected chi connectivity index (χ4v) is 2.09. The second-order valence-electron chi connectivity index (χ2n) is 3.19. The summed E-state index contributed by atoms with van der Waals surface area (Å²) >= 11 is 1.03. The predicted molar refractivity (Wildman–Crippen MR) is 61.6 cm³/mol. The summed E-state index contributed by atoms with van der Waals surface area (Å²) in [7, 11) is 0. The van der Waals surface area contributed by atoms with Crippen molar-refractivity contribution in [1.82, 2.24) is 24.7 Å². The minimum Gasteiger partial charge on any atom is -0.477 e. The van der Waals surface area contributed by atoms with Crippen molar-refractivity contribution >= 4 is 17.7 Å². The minimum absolute atomic E-state index is 0.103. The Kier molecular flexibility index (Phi) is 3.42. The SMILES string of the molecule is CCn1c(Sc2nccc(C(=O)O)n2)n[nH]c1=O. The van der Waals surface area contributed by atoms with Crippen LogP contribution in [0.15, 0.2) is 27.4 Å². The van der Waals surface area contributed by atoms with Crippen LogP contribution in [0.25, 0.3) is 0 Å². The highest BCUT2D eigenvalue weighted by atomic mass is 32.2. The molecule has 0 radical (unpaired) electrons. The lowest BCUT2D eigenvalue weighted by Crippen LogP contribution is -2.16. The molecular weight excluding hydrogens is 258 g/mol. The van der Waals surface area contributed by atoms with Gasteiger partial charge in [0.15, 0.2) is 16.0 Å². The number of carboxylic acid groups (broad SMARTS) is 1. The average Bonchev–Trinajstić information content (AvgIpc) is 2.70. The van der Waals surface area contributed by atoms with Crippen LogP contribution in [0.1, 0.15) is 17.4 Å². The average molecular weight is 267 g/mol. The summed E-state index contributed by atoms with van der Waals surface area (Å²) in [5, 5.41) is 15.6. The van der Waals surface area contributed by atoms with E-state index in [1.165, 1.54) is 16.8 Å². The Bertz CT molecular complexity index is 635. The summed E-state index contributed by atoms with van der Waals surface area (Å²) in [5.74, 6) is -1.13. The molecule has 2 heterocycles. The van der Waals surface area contributed by atoms with Crippen molar-refractivity contribution in [3.63, 3.8) is 0 Å². The highest BCUT2D eigenvalue weighted by molar-refractivity contribution is 7.99. The highest BCUT2D eigenvalue weighted by Crippen LogP contribution is 2.20. The lowest BCUT2D eigenvalue weighted by Gasteiger charge is -2.01. The van der Waals surface area contributed by atoms with Gasteiger partial charge < -0.3 is 5.11 Å². The summed E-state index contributed by atoms with van der Waals surface area (Å²) < 4.78 is 1.40. The topological polar surface area (TPSA) is 114 Å². The molecule has 0 bridgehead atoms. The molecule has 0 amide bonds. The Labute approximate surface area is 105 Å². The van der Waals surface area contributed by atoms with Gasteiger partial charge in [-0.2, -0.15) is 0 Å². The first-order valence-electron chi connectivity index (χ1n) is 5.01. The molecule has 0 fully saturated rings. The van der Waals surface area contributed by atoms with Gasteiger partial charge in [-0.05, 0) is 24.8 Å². The smallest absolute Gasteiger partial charge is 0.354 e. The van der Waals surface area contributed by atoms with Gasteiger partial charge in [0.1, 0.15) is 0 Å². The Morgan fingerprint density at radius 1 is 1.61 bits per heavy atom. The number of nitrogens with zero attached hydrogens (tertiary/aromatic N) is 4. The molecule has 2 aromatic heterocycles. The van der Waals surface area contributed by atoms with E-state index >= 15 is 0 Å². The van der Waals surface area contributed by atoms with Crippen molar-refractivity contribution in [2.45, 2.75) is 23.8 Å². The number of H-pyrrole nitrogens is 1. The van der Waals surface area contributed by atoms with E-state index in [2.05, 4.69) is 20.2 Å². The zero-order valence-corrected chi connectivity index (χ0v) is 10.1. The Morgan fingerprint density at radius 2 is 2.39 bits per heavy atom. The molecule has 94 valence electrons. The van der Waals surface area contributed by atoms with Crippen LogP contribution in [0.3, 0.4) is 0 Å². The molecule has 0 aliphatic heterocycles. The third-order valence-electron chi connectivity index (χ3n) is 2.07. The van der Waals surface area contributed by atoms with E-state index in [-0.39, 0.29) is 16.5 Å². The van der Waals surface area contributed by atoms with Crippen LogP contribution >= 0.6 is 11.8 Å². The number of aromatic nitrogens is 5. The van der Waals surface area contributed by atoms with Gasteiger partial charge in [0.05, 0.1) is 0 Å². The number of aromatic carboxylic acids is 1. The van der Waals surface area contributed by atoms with Crippen molar-refractivity contribution in [2.75, 3.05) is 0 Å². The zero-order valence-electron chi connectivity index (χ0n) is 9.32. The molecule has 0 aliphatic rings. The van der Waals surface area contributed by atoms with Crippen molar-refractivity contribution < 1.29 is 9.90 Å². The van der Waals surface area contributed by atoms with E-state index < -0.39 is 5.97 Å². The maximum atomic E-state index is 11.3. The first-order chi connectivity index (χ1) is 8.61. The summed E-state index contributed by atoms with van der Waals surface area (Å²) in [6, 6.07) is 1.30. The lowest BCUT2D eigenvalue weighted by molar-refractivity contribution is 0.0689. The van der Waals surface area contributed by atoms with E-state index in [1.54, 1.807) is 6.92 Å². The van der Waals surface area contributed by atoms with Gasteiger partial charge in [0.2, 0.25) is 0 Å². The molecule has 18 heavy (non-hydrogen) atoms. The van der Waals surface area contributed by atoms with Crippen LogP contribution in [-0.4, -0.2) is 35.8 Å². The van der Waals surface area contributed by atoms with Crippen LogP contribution in [0, 0.1) is 0 Å². The Hall–Kier alpha value is -2.16. The summed E-state index contributed by atoms with van der Waals surface area (Å²) in [4.78, 5) is 29.8. The number of carbonyl (C=O) groups is 1. The second-order valence-corrected chi connectivity index (χ2v) is 4.12. The van der Waals surface area contributed by atoms with E-state index in [1.807, 2.05) is 0 Å². The molecule has 2 rings (SSSR count). The zero-order chi connectivity index (χ0) is 13.1. The molecule has 0 atom stereocenters. The van der Waals surface area contributed by atoms with Gasteiger partial charge in [-0.25, -0.2) is 24.7 Å². The molecule has 2 N–H and O–H groups in total. The number of hydrogen-bond acceptors (Lipinski definition) is 6. The molecule has 0 saturated heterocycles. The molecule has 2 aromatic rings. The van der Waals surface area contributed by atoms with Crippen LogP contribution in [0.4, 0.5) is 0 Å². The van der Waals surface area contributed by atoms with Gasteiger partial charge in [-0.1, -0.05) is 0 Å². The van der Waals surface area contributed by atoms with Crippen molar-refractivity contribution in [1.29, 1.82) is 0 Å². The maximum Gasteiger partial charge on any atom is 0.354 e. The first-order valence-corrected chi connectivity index (χ1v) is 5.83. The van der Waals surface area contributed by atoms with E-state index in [9.17, 15) is 9.59 Å². The van der Waals surface area contributed by atoms with Crippen LogP contribution in [0.2, 0.25) is 0 Å². The summed E-state index contributed by atoms with van der Waals surface area (Å²) in [5.41, 5.74) is -0.428. The molecule has 0 saturated carbocycles. The van der Waals surface area contributed by atoms with Gasteiger partial charge in [0, 0.05) is 12.7 Å². The number of rotatable bonds is 4. The lowest BCUT2D eigenvalue weighted by atomic mass is 10.4. The van der Waals surface area contributed by atoms with E-state index in [4.69, 9.17) is 5.11 Å². The molecule has 0 spiro atoms. The first kappa shape index (κ1) is 12.3. The standard InChI is InChI=1S/C9H9N5O3S/c1-2-14-8(17)12-13-9(14)18-7-10-4-3-5(11-7)6(15)16/h3-4H,2H2,1H3,(H,12,17)(H,15,16). The Morgan fingerprint density at radius 3 is 3.06 bits per heavy atom. The Balaban J connectivity index is 2.31. The number of nitrogens with one attached hydrogen (secondary N) is 1. The fraction of sp³-hybridized carbons (Fsp3) is 0.222. The normalized spacial score (nSPS) is 10.5. The van der Waals surface area contributed by atoms with Crippen molar-refractivity contribution in [2.24, 2.45) is 0 Å². The van der Waals surface area contributed by atoms with Crippen molar-refractivity contribution in [3.8, 4) is 0 Å². The largest absolute Gasteiger partial charge is 0.477 e. The van der Waals surface area contributed by atoms with E-state index in [0.29, 0.717) is 11.7 Å². The number of hydrogen-bond donors (Lipinski definition) is 2. The molecule has 8 nitrogen and oxygen atoms in total. The van der Waals surface area contributed by atoms with Gasteiger partial charge >= 0.3 is 11.7 Å². The van der Waals surface area contributed by atoms with Crippen LogP contribution < -0.4 is 5.69 Å². The summed E-state index contributed by atoms with van der Waals surface area (Å²) in [6.45, 7) is 2.26.